The van der Waals surface area contributed by atoms with Crippen molar-refractivity contribution in [2.45, 2.75) is 63.0 Å². The summed E-state index contributed by atoms with van der Waals surface area (Å²) in [6, 6.07) is 14.3. The smallest absolute Gasteiger partial charge is 0.308 e. The van der Waals surface area contributed by atoms with Gasteiger partial charge >= 0.3 is 5.97 Å². The molecule has 1 aliphatic heterocycles. The molecule has 1 heterocycles. The van der Waals surface area contributed by atoms with Crippen molar-refractivity contribution in [3.05, 3.63) is 69.7 Å². The average molecular weight is 567 g/mol. The number of halogens is 2. The van der Waals surface area contributed by atoms with Gasteiger partial charge in [-0.05, 0) is 68.0 Å². The molecule has 2 aromatic rings. The number of rotatable bonds is 10. The zero-order chi connectivity index (χ0) is 26.7. The topological polar surface area (TPSA) is 76.1 Å². The number of hydrogen-bond donors (Lipinski definition) is 1. The Labute approximate surface area is 232 Å². The van der Waals surface area contributed by atoms with Gasteiger partial charge in [0.05, 0.1) is 25.2 Å². The summed E-state index contributed by atoms with van der Waals surface area (Å²) in [6.07, 6.45) is 0.322. The van der Waals surface area contributed by atoms with Crippen LogP contribution in [0.3, 0.4) is 0 Å². The summed E-state index contributed by atoms with van der Waals surface area (Å²) in [5.41, 5.74) is 0.885. The molecule has 2 aliphatic rings. The van der Waals surface area contributed by atoms with Gasteiger partial charge in [0.2, 0.25) is 0 Å². The number of aliphatic hydroxyl groups is 1. The number of esters is 1. The number of carbonyl (C=O) groups excluding carboxylic acids is 2. The lowest BCUT2D eigenvalue weighted by Crippen LogP contribution is -2.56. The quantitative estimate of drug-likeness (QED) is 0.364. The maximum Gasteiger partial charge on any atom is 0.308 e. The summed E-state index contributed by atoms with van der Waals surface area (Å²) in [6.45, 7) is 3.56. The van der Waals surface area contributed by atoms with E-state index in [1.807, 2.05) is 47.4 Å². The first-order chi connectivity index (χ1) is 17.6. The fraction of sp³-hybridized carbons (Fsp3) is 0.500. The number of thioether (sulfide) groups is 1. The third-order valence-electron chi connectivity index (χ3n) is 6.66. The summed E-state index contributed by atoms with van der Waals surface area (Å²) >= 11 is 14.2. The van der Waals surface area contributed by atoms with Crippen molar-refractivity contribution in [1.29, 1.82) is 0 Å². The Morgan fingerprint density at radius 1 is 1.16 bits per heavy atom. The number of ether oxygens (including phenoxy) is 2. The van der Waals surface area contributed by atoms with E-state index in [1.54, 1.807) is 31.7 Å². The van der Waals surface area contributed by atoms with Crippen molar-refractivity contribution in [3.63, 3.8) is 0 Å². The lowest BCUT2D eigenvalue weighted by Gasteiger charge is -2.48. The SMILES string of the molecule is COC(=O)CC1OC(c2cccc(Cl)c2)C(c2ccc(Cl)cc2)N(C(CSCC(C)(C)O)C2CC2)C1=O. The first-order valence-electron chi connectivity index (χ1n) is 12.4. The molecule has 9 heteroatoms. The van der Waals surface area contributed by atoms with E-state index in [9.17, 15) is 14.7 Å². The summed E-state index contributed by atoms with van der Waals surface area (Å²) in [5, 5.41) is 11.4. The molecule has 1 amide bonds. The van der Waals surface area contributed by atoms with Crippen molar-refractivity contribution in [2.24, 2.45) is 5.92 Å². The second-order valence-corrected chi connectivity index (χ2v) is 12.3. The first kappa shape index (κ1) is 28.2. The molecule has 200 valence electrons. The van der Waals surface area contributed by atoms with Gasteiger partial charge in [0.25, 0.3) is 5.91 Å². The van der Waals surface area contributed by atoms with E-state index in [-0.39, 0.29) is 18.4 Å². The molecular weight excluding hydrogens is 533 g/mol. The van der Waals surface area contributed by atoms with Crippen molar-refractivity contribution in [1.82, 2.24) is 4.90 Å². The Morgan fingerprint density at radius 2 is 1.86 bits per heavy atom. The van der Waals surface area contributed by atoms with Gasteiger partial charge in [0.1, 0.15) is 12.2 Å². The van der Waals surface area contributed by atoms with E-state index >= 15 is 0 Å². The lowest BCUT2D eigenvalue weighted by molar-refractivity contribution is -0.183. The maximum absolute atomic E-state index is 14.1. The molecule has 0 bridgehead atoms. The minimum Gasteiger partial charge on any atom is -0.469 e. The summed E-state index contributed by atoms with van der Waals surface area (Å²) < 4.78 is 11.3. The summed E-state index contributed by atoms with van der Waals surface area (Å²) in [5.74, 6) is 0.809. The van der Waals surface area contributed by atoms with Gasteiger partial charge < -0.3 is 19.5 Å². The highest BCUT2D eigenvalue weighted by Crippen LogP contribution is 2.48. The summed E-state index contributed by atoms with van der Waals surface area (Å²) in [7, 11) is 1.30. The standard InChI is InChI=1S/C28H33Cl2NO5S/c1-28(2,34)16-37-15-22(17-7-8-17)31-25(18-9-11-20(29)12-10-18)26(19-5-4-6-21(30)13-19)36-23(27(31)33)14-24(32)35-3/h4-6,9-13,17,22-23,25-26,34H,7-8,14-16H2,1-3H3. The van der Waals surface area contributed by atoms with Crippen molar-refractivity contribution in [3.8, 4) is 0 Å². The molecule has 2 fully saturated rings. The fourth-order valence-corrected chi connectivity index (χ4v) is 6.41. The van der Waals surface area contributed by atoms with Crippen LogP contribution in [0.2, 0.25) is 10.0 Å². The van der Waals surface area contributed by atoms with Crippen LogP contribution in [0.4, 0.5) is 0 Å². The molecule has 6 nitrogen and oxygen atoms in total. The molecule has 1 N–H and O–H groups in total. The van der Waals surface area contributed by atoms with Crippen molar-refractivity contribution in [2.75, 3.05) is 18.6 Å². The van der Waals surface area contributed by atoms with Gasteiger partial charge in [-0.3, -0.25) is 9.59 Å². The van der Waals surface area contributed by atoms with Crippen LogP contribution >= 0.6 is 35.0 Å². The number of carbonyl (C=O) groups is 2. The largest absolute Gasteiger partial charge is 0.469 e. The van der Waals surface area contributed by atoms with E-state index in [0.29, 0.717) is 27.5 Å². The number of morpholine rings is 1. The second kappa shape index (κ2) is 12.0. The molecule has 37 heavy (non-hydrogen) atoms. The van der Waals surface area contributed by atoms with Crippen LogP contribution in [0.25, 0.3) is 0 Å². The van der Waals surface area contributed by atoms with Gasteiger partial charge in [-0.2, -0.15) is 11.8 Å². The van der Waals surface area contributed by atoms with Crippen LogP contribution in [-0.4, -0.2) is 58.2 Å². The van der Waals surface area contributed by atoms with Crippen LogP contribution in [0.5, 0.6) is 0 Å². The van der Waals surface area contributed by atoms with E-state index in [1.165, 1.54) is 7.11 Å². The average Bonchev–Trinajstić information content (AvgIpc) is 3.68. The molecule has 0 radical (unpaired) electrons. The molecule has 1 saturated carbocycles. The number of benzene rings is 2. The van der Waals surface area contributed by atoms with Gasteiger partial charge in [-0.1, -0.05) is 47.5 Å². The summed E-state index contributed by atoms with van der Waals surface area (Å²) in [4.78, 5) is 28.3. The Balaban J connectivity index is 1.79. The van der Waals surface area contributed by atoms with Gasteiger partial charge in [0, 0.05) is 27.6 Å². The molecule has 1 aliphatic carbocycles. The number of hydrogen-bond acceptors (Lipinski definition) is 6. The van der Waals surface area contributed by atoms with Crippen LogP contribution in [0.15, 0.2) is 48.5 Å². The molecule has 4 rings (SSSR count). The molecule has 2 aromatic carbocycles. The fourth-order valence-electron chi connectivity index (χ4n) is 4.79. The van der Waals surface area contributed by atoms with Gasteiger partial charge in [-0.15, -0.1) is 0 Å². The van der Waals surface area contributed by atoms with E-state index < -0.39 is 29.8 Å². The highest BCUT2D eigenvalue weighted by molar-refractivity contribution is 7.99. The van der Waals surface area contributed by atoms with Crippen LogP contribution in [-0.2, 0) is 19.1 Å². The van der Waals surface area contributed by atoms with Crippen molar-refractivity contribution >= 4 is 46.8 Å². The van der Waals surface area contributed by atoms with E-state index in [4.69, 9.17) is 32.7 Å². The molecule has 4 atom stereocenters. The number of amides is 1. The molecule has 4 unspecified atom stereocenters. The second-order valence-electron chi connectivity index (χ2n) is 10.4. The molecule has 0 spiro atoms. The number of nitrogens with zero attached hydrogens (tertiary/aromatic N) is 1. The van der Waals surface area contributed by atoms with Crippen LogP contribution < -0.4 is 0 Å². The molecule has 1 saturated heterocycles. The number of methoxy groups -OCH3 is 1. The highest BCUT2D eigenvalue weighted by Gasteiger charge is 2.50. The van der Waals surface area contributed by atoms with Gasteiger partial charge in [0.15, 0.2) is 0 Å². The predicted octanol–water partition coefficient (Wildman–Crippen LogP) is 5.85. The minimum absolute atomic E-state index is 0.0914. The third-order valence-corrected chi connectivity index (χ3v) is 8.64. The minimum atomic E-state index is -0.986. The Bertz CT molecular complexity index is 1100. The Morgan fingerprint density at radius 3 is 2.46 bits per heavy atom. The van der Waals surface area contributed by atoms with E-state index in [0.717, 1.165) is 24.0 Å². The zero-order valence-electron chi connectivity index (χ0n) is 21.2. The monoisotopic (exact) mass is 565 g/mol. The van der Waals surface area contributed by atoms with Crippen molar-refractivity contribution < 1.29 is 24.2 Å². The lowest BCUT2D eigenvalue weighted by atomic mass is 9.89. The zero-order valence-corrected chi connectivity index (χ0v) is 23.6. The Kier molecular flexibility index (Phi) is 9.13. The molecular formula is C28H33Cl2NO5S. The Hall–Kier alpha value is -1.77. The van der Waals surface area contributed by atoms with Crippen LogP contribution in [0, 0.1) is 5.92 Å². The van der Waals surface area contributed by atoms with Gasteiger partial charge in [-0.25, -0.2) is 0 Å². The predicted molar refractivity (Wildman–Crippen MR) is 147 cm³/mol. The first-order valence-corrected chi connectivity index (χ1v) is 14.3. The maximum atomic E-state index is 14.1. The highest BCUT2D eigenvalue weighted by atomic mass is 35.5. The molecule has 0 aromatic heterocycles. The third kappa shape index (κ3) is 7.21. The normalized spacial score (nSPS) is 23.1. The van der Waals surface area contributed by atoms with Crippen LogP contribution in [0.1, 0.15) is 56.4 Å². The van der Waals surface area contributed by atoms with E-state index in [2.05, 4.69) is 0 Å².